The van der Waals surface area contributed by atoms with Gasteiger partial charge in [0.05, 0.1) is 5.69 Å². The fraction of sp³-hybridized carbons (Fsp3) is 0.0909. The predicted molar refractivity (Wildman–Crippen MR) is 51.9 cm³/mol. The van der Waals surface area contributed by atoms with E-state index in [9.17, 15) is 0 Å². The molecule has 0 spiro atoms. The first-order chi connectivity index (χ1) is 6.45. The minimum atomic E-state index is 0.684. The summed E-state index contributed by atoms with van der Waals surface area (Å²) in [5.41, 5.74) is 2.32. The molecule has 0 saturated carbocycles. The highest BCUT2D eigenvalue weighted by Gasteiger charge is 2.10. The fourth-order valence-corrected chi connectivity index (χ4v) is 1.70. The third-order valence-electron chi connectivity index (χ3n) is 2.29. The highest BCUT2D eigenvalue weighted by Crippen LogP contribution is 2.27. The molecule has 2 nitrogen and oxygen atoms in total. The SMILES string of the molecule is C1=Cc2c(cc3ccccn23)OC1. The highest BCUT2D eigenvalue weighted by molar-refractivity contribution is 5.66. The Morgan fingerprint density at radius 3 is 3.31 bits per heavy atom. The number of pyridine rings is 1. The lowest BCUT2D eigenvalue weighted by Gasteiger charge is -2.07. The minimum Gasteiger partial charge on any atom is -0.487 e. The van der Waals surface area contributed by atoms with Crippen molar-refractivity contribution in [3.8, 4) is 5.75 Å². The molecule has 3 rings (SSSR count). The van der Waals surface area contributed by atoms with Crippen molar-refractivity contribution >= 4 is 11.6 Å². The topological polar surface area (TPSA) is 13.6 Å². The van der Waals surface area contributed by atoms with Crippen molar-refractivity contribution in [1.29, 1.82) is 0 Å². The molecule has 0 radical (unpaired) electrons. The quantitative estimate of drug-likeness (QED) is 0.593. The van der Waals surface area contributed by atoms with Gasteiger partial charge in [0.1, 0.15) is 12.4 Å². The van der Waals surface area contributed by atoms with Crippen LogP contribution in [0.15, 0.2) is 36.5 Å². The summed E-state index contributed by atoms with van der Waals surface area (Å²) in [6, 6.07) is 8.20. The van der Waals surface area contributed by atoms with E-state index in [2.05, 4.69) is 22.6 Å². The summed E-state index contributed by atoms with van der Waals surface area (Å²) in [5, 5.41) is 0. The molecule has 1 aliphatic rings. The molecule has 0 atom stereocenters. The third kappa shape index (κ3) is 0.886. The van der Waals surface area contributed by atoms with Gasteiger partial charge in [-0.05, 0) is 24.3 Å². The number of fused-ring (bicyclic) bond motifs is 3. The van der Waals surface area contributed by atoms with Gasteiger partial charge in [-0.25, -0.2) is 0 Å². The second kappa shape index (κ2) is 2.39. The van der Waals surface area contributed by atoms with Crippen LogP contribution in [-0.4, -0.2) is 11.0 Å². The van der Waals surface area contributed by atoms with E-state index < -0.39 is 0 Å². The summed E-state index contributed by atoms with van der Waals surface area (Å²) >= 11 is 0. The summed E-state index contributed by atoms with van der Waals surface area (Å²) in [6.45, 7) is 0.684. The molecule has 0 N–H and O–H groups in total. The molecule has 0 bridgehead atoms. The predicted octanol–water partition coefficient (Wildman–Crippen LogP) is 2.34. The van der Waals surface area contributed by atoms with Crippen LogP contribution in [0.2, 0.25) is 0 Å². The van der Waals surface area contributed by atoms with Crippen LogP contribution in [0.5, 0.6) is 5.75 Å². The molecule has 13 heavy (non-hydrogen) atoms. The number of aromatic nitrogens is 1. The van der Waals surface area contributed by atoms with E-state index in [0.29, 0.717) is 6.61 Å². The average Bonchev–Trinajstić information content (AvgIpc) is 2.56. The maximum absolute atomic E-state index is 5.50. The molecule has 0 aromatic carbocycles. The normalized spacial score (nSPS) is 14.2. The van der Waals surface area contributed by atoms with Crippen molar-refractivity contribution in [2.75, 3.05) is 6.61 Å². The zero-order valence-corrected chi connectivity index (χ0v) is 7.10. The lowest BCUT2D eigenvalue weighted by Crippen LogP contribution is -1.99. The Balaban J connectivity index is 2.42. The zero-order chi connectivity index (χ0) is 8.67. The van der Waals surface area contributed by atoms with E-state index in [-0.39, 0.29) is 0 Å². The lowest BCUT2D eigenvalue weighted by molar-refractivity contribution is 0.358. The van der Waals surface area contributed by atoms with Gasteiger partial charge < -0.3 is 9.14 Å². The van der Waals surface area contributed by atoms with E-state index >= 15 is 0 Å². The molecule has 64 valence electrons. The second-order valence-electron chi connectivity index (χ2n) is 3.10. The van der Waals surface area contributed by atoms with Crippen molar-refractivity contribution in [2.45, 2.75) is 0 Å². The minimum absolute atomic E-state index is 0.684. The van der Waals surface area contributed by atoms with Crippen LogP contribution in [0.1, 0.15) is 5.69 Å². The first-order valence-electron chi connectivity index (χ1n) is 4.34. The van der Waals surface area contributed by atoms with Crippen LogP contribution in [0, 0.1) is 0 Å². The molecular weight excluding hydrogens is 162 g/mol. The van der Waals surface area contributed by atoms with Gasteiger partial charge in [-0.3, -0.25) is 0 Å². The smallest absolute Gasteiger partial charge is 0.145 e. The Morgan fingerprint density at radius 1 is 1.31 bits per heavy atom. The molecule has 1 aliphatic heterocycles. The Kier molecular flexibility index (Phi) is 1.25. The highest BCUT2D eigenvalue weighted by atomic mass is 16.5. The van der Waals surface area contributed by atoms with Gasteiger partial charge in [-0.1, -0.05) is 6.07 Å². The first-order valence-corrected chi connectivity index (χ1v) is 4.34. The molecule has 2 heteroatoms. The molecule has 0 fully saturated rings. The average molecular weight is 171 g/mol. The Bertz CT molecular complexity index is 482. The molecule has 0 aliphatic carbocycles. The van der Waals surface area contributed by atoms with E-state index in [4.69, 9.17) is 4.74 Å². The van der Waals surface area contributed by atoms with E-state index in [0.717, 1.165) is 11.4 Å². The van der Waals surface area contributed by atoms with Crippen LogP contribution in [-0.2, 0) is 0 Å². The van der Waals surface area contributed by atoms with Gasteiger partial charge in [0.25, 0.3) is 0 Å². The van der Waals surface area contributed by atoms with Crippen molar-refractivity contribution in [1.82, 2.24) is 4.40 Å². The molecule has 0 amide bonds. The monoisotopic (exact) mass is 171 g/mol. The van der Waals surface area contributed by atoms with Gasteiger partial charge in [0.2, 0.25) is 0 Å². The Hall–Kier alpha value is -1.70. The number of rotatable bonds is 0. The fourth-order valence-electron chi connectivity index (χ4n) is 1.70. The van der Waals surface area contributed by atoms with Crippen molar-refractivity contribution < 1.29 is 4.74 Å². The third-order valence-corrected chi connectivity index (χ3v) is 2.29. The lowest BCUT2D eigenvalue weighted by atomic mass is 10.3. The van der Waals surface area contributed by atoms with Crippen LogP contribution < -0.4 is 4.74 Å². The van der Waals surface area contributed by atoms with Crippen LogP contribution in [0.25, 0.3) is 11.6 Å². The van der Waals surface area contributed by atoms with Crippen molar-refractivity contribution in [2.24, 2.45) is 0 Å². The maximum atomic E-state index is 5.50. The number of ether oxygens (including phenoxy) is 1. The standard InChI is InChI=1S/C11H9NO/c1-2-6-12-9(4-1)8-11-10(12)5-3-7-13-11/h1-6,8H,7H2. The maximum Gasteiger partial charge on any atom is 0.145 e. The van der Waals surface area contributed by atoms with Gasteiger partial charge in [0.15, 0.2) is 0 Å². The van der Waals surface area contributed by atoms with E-state index in [1.807, 2.05) is 24.4 Å². The number of hydrogen-bond donors (Lipinski definition) is 0. The summed E-state index contributed by atoms with van der Waals surface area (Å²) in [7, 11) is 0. The van der Waals surface area contributed by atoms with Gasteiger partial charge in [0, 0.05) is 17.8 Å². The first kappa shape index (κ1) is 6.78. The van der Waals surface area contributed by atoms with Crippen molar-refractivity contribution in [3.63, 3.8) is 0 Å². The van der Waals surface area contributed by atoms with Crippen LogP contribution in [0.3, 0.4) is 0 Å². The molecule has 2 aromatic rings. The van der Waals surface area contributed by atoms with Gasteiger partial charge in [-0.15, -0.1) is 0 Å². The molecular formula is C11H9NO. The molecule has 3 heterocycles. The molecule has 0 unspecified atom stereocenters. The van der Waals surface area contributed by atoms with Crippen molar-refractivity contribution in [3.05, 3.63) is 42.2 Å². The summed E-state index contributed by atoms with van der Waals surface area (Å²) < 4.78 is 7.63. The largest absolute Gasteiger partial charge is 0.487 e. The summed E-state index contributed by atoms with van der Waals surface area (Å²) in [6.07, 6.45) is 6.18. The van der Waals surface area contributed by atoms with E-state index in [1.165, 1.54) is 5.52 Å². The summed E-state index contributed by atoms with van der Waals surface area (Å²) in [5.74, 6) is 0.980. The van der Waals surface area contributed by atoms with Gasteiger partial charge in [-0.2, -0.15) is 0 Å². The van der Waals surface area contributed by atoms with Crippen LogP contribution >= 0.6 is 0 Å². The van der Waals surface area contributed by atoms with Crippen LogP contribution in [0.4, 0.5) is 0 Å². The van der Waals surface area contributed by atoms with E-state index in [1.54, 1.807) is 0 Å². The zero-order valence-electron chi connectivity index (χ0n) is 7.10. The second-order valence-corrected chi connectivity index (χ2v) is 3.10. The Morgan fingerprint density at radius 2 is 2.31 bits per heavy atom. The summed E-state index contributed by atoms with van der Waals surface area (Å²) in [4.78, 5) is 0. The number of hydrogen-bond acceptors (Lipinski definition) is 1. The molecule has 0 saturated heterocycles. The number of nitrogens with zero attached hydrogens (tertiary/aromatic N) is 1. The Labute approximate surface area is 76.1 Å². The van der Waals surface area contributed by atoms with Gasteiger partial charge >= 0.3 is 0 Å². The molecule has 2 aromatic heterocycles.